The van der Waals surface area contributed by atoms with E-state index in [0.717, 1.165) is 0 Å². The van der Waals surface area contributed by atoms with E-state index in [1.165, 1.54) is 10.9 Å². The van der Waals surface area contributed by atoms with Crippen molar-refractivity contribution < 1.29 is 15.0 Å². The molecule has 0 bridgehead atoms. The van der Waals surface area contributed by atoms with Crippen LogP contribution in [0.15, 0.2) is 18.9 Å². The van der Waals surface area contributed by atoms with Crippen LogP contribution in [0.2, 0.25) is 0 Å². The van der Waals surface area contributed by atoms with E-state index in [1.54, 1.807) is 6.08 Å². The van der Waals surface area contributed by atoms with Crippen LogP contribution in [0.4, 0.5) is 0 Å². The Morgan fingerprint density at radius 3 is 3.06 bits per heavy atom. The molecule has 1 atom stereocenters. The van der Waals surface area contributed by atoms with Crippen LogP contribution < -0.4 is 5.32 Å². The highest BCUT2D eigenvalue weighted by Crippen LogP contribution is 2.08. The summed E-state index contributed by atoms with van der Waals surface area (Å²) in [4.78, 5) is 10.9. The zero-order valence-electron chi connectivity index (χ0n) is 8.70. The van der Waals surface area contributed by atoms with Crippen molar-refractivity contribution in [3.05, 3.63) is 24.5 Å². The molecule has 0 amide bonds. The third kappa shape index (κ3) is 3.14. The average Bonchev–Trinajstić information content (AvgIpc) is 2.67. The van der Waals surface area contributed by atoms with Crippen molar-refractivity contribution in [3.63, 3.8) is 0 Å². The molecule has 3 N–H and O–H groups in total. The maximum atomic E-state index is 10.9. The average molecular weight is 226 g/mol. The molecule has 1 rings (SSSR count). The molecule has 0 saturated carbocycles. The minimum Gasteiger partial charge on any atom is -0.480 e. The van der Waals surface area contributed by atoms with Crippen LogP contribution >= 0.6 is 0 Å². The van der Waals surface area contributed by atoms with E-state index in [2.05, 4.69) is 22.2 Å². The minimum atomic E-state index is -1.03. The molecular formula is C9H14N4O3. The molecule has 16 heavy (non-hydrogen) atoms. The smallest absolute Gasteiger partial charge is 0.327 e. The van der Waals surface area contributed by atoms with Gasteiger partial charge in [-0.15, -0.1) is 11.7 Å². The van der Waals surface area contributed by atoms with Crippen molar-refractivity contribution in [2.75, 3.05) is 13.2 Å². The van der Waals surface area contributed by atoms with Gasteiger partial charge in [-0.25, -0.2) is 4.68 Å². The van der Waals surface area contributed by atoms with Gasteiger partial charge in [0.25, 0.3) is 0 Å². The summed E-state index contributed by atoms with van der Waals surface area (Å²) in [5, 5.41) is 27.8. The molecule has 0 saturated heterocycles. The summed E-state index contributed by atoms with van der Waals surface area (Å²) in [6.07, 6.45) is 3.05. The predicted octanol–water partition coefficient (Wildman–Crippen LogP) is -0.828. The first-order valence-electron chi connectivity index (χ1n) is 4.77. The highest BCUT2D eigenvalue weighted by atomic mass is 16.4. The van der Waals surface area contributed by atoms with E-state index < -0.39 is 12.0 Å². The zero-order chi connectivity index (χ0) is 12.0. The summed E-state index contributed by atoms with van der Waals surface area (Å²) in [6.45, 7) is 4.08. The molecule has 0 aliphatic carbocycles. The van der Waals surface area contributed by atoms with Crippen molar-refractivity contribution >= 4 is 5.97 Å². The van der Waals surface area contributed by atoms with Crippen LogP contribution in [0.3, 0.4) is 0 Å². The lowest BCUT2D eigenvalue weighted by Crippen LogP contribution is -2.28. The normalized spacial score (nSPS) is 12.3. The van der Waals surface area contributed by atoms with Gasteiger partial charge in [-0.1, -0.05) is 11.3 Å². The maximum Gasteiger partial charge on any atom is 0.327 e. The number of carboxylic acid groups (broad SMARTS) is 1. The SMILES string of the molecule is C=CCNC(C(=O)O)c1cn(CCO)nn1. The highest BCUT2D eigenvalue weighted by molar-refractivity contribution is 5.74. The number of carboxylic acids is 1. The van der Waals surface area contributed by atoms with Gasteiger partial charge < -0.3 is 10.2 Å². The summed E-state index contributed by atoms with van der Waals surface area (Å²) in [6, 6.07) is -0.912. The second kappa shape index (κ2) is 5.99. The van der Waals surface area contributed by atoms with Crippen LogP contribution in [0.5, 0.6) is 0 Å². The van der Waals surface area contributed by atoms with E-state index in [1.807, 2.05) is 0 Å². The van der Waals surface area contributed by atoms with E-state index in [4.69, 9.17) is 10.2 Å². The molecule has 0 aliphatic rings. The zero-order valence-corrected chi connectivity index (χ0v) is 8.70. The van der Waals surface area contributed by atoms with Gasteiger partial charge in [-0.05, 0) is 0 Å². The third-order valence-electron chi connectivity index (χ3n) is 1.89. The molecule has 0 radical (unpaired) electrons. The van der Waals surface area contributed by atoms with Gasteiger partial charge in [-0.2, -0.15) is 0 Å². The van der Waals surface area contributed by atoms with Gasteiger partial charge in [0, 0.05) is 6.54 Å². The van der Waals surface area contributed by atoms with Crippen LogP contribution in [0, 0.1) is 0 Å². The van der Waals surface area contributed by atoms with Gasteiger partial charge in [0.15, 0.2) is 6.04 Å². The highest BCUT2D eigenvalue weighted by Gasteiger charge is 2.21. The Bertz CT molecular complexity index is 363. The van der Waals surface area contributed by atoms with E-state index >= 15 is 0 Å². The Kier molecular flexibility index (Phi) is 4.62. The third-order valence-corrected chi connectivity index (χ3v) is 1.89. The van der Waals surface area contributed by atoms with Crippen molar-refractivity contribution in [1.82, 2.24) is 20.3 Å². The minimum absolute atomic E-state index is 0.0688. The molecule has 7 nitrogen and oxygen atoms in total. The van der Waals surface area contributed by atoms with Gasteiger partial charge in [0.05, 0.1) is 19.3 Å². The first-order valence-corrected chi connectivity index (χ1v) is 4.77. The molecule has 1 unspecified atom stereocenters. The fraction of sp³-hybridized carbons (Fsp3) is 0.444. The van der Waals surface area contributed by atoms with Crippen LogP contribution in [-0.4, -0.2) is 44.3 Å². The molecule has 0 aliphatic heterocycles. The molecule has 0 fully saturated rings. The number of hydrogen-bond donors (Lipinski definition) is 3. The Labute approximate surface area is 92.4 Å². The van der Waals surface area contributed by atoms with E-state index in [-0.39, 0.29) is 6.61 Å². The lowest BCUT2D eigenvalue weighted by Gasteiger charge is -2.08. The Balaban J connectivity index is 2.75. The first kappa shape index (κ1) is 12.3. The molecule has 1 aromatic rings. The lowest BCUT2D eigenvalue weighted by molar-refractivity contribution is -0.139. The molecular weight excluding hydrogens is 212 g/mol. The number of aliphatic hydroxyl groups excluding tert-OH is 1. The monoisotopic (exact) mass is 226 g/mol. The van der Waals surface area contributed by atoms with Crippen molar-refractivity contribution in [1.29, 1.82) is 0 Å². The topological polar surface area (TPSA) is 100 Å². The fourth-order valence-electron chi connectivity index (χ4n) is 1.18. The molecule has 7 heteroatoms. The molecule has 88 valence electrons. The number of nitrogens with zero attached hydrogens (tertiary/aromatic N) is 3. The van der Waals surface area contributed by atoms with E-state index in [9.17, 15) is 4.79 Å². The molecule has 0 aromatic carbocycles. The number of aliphatic carboxylic acids is 1. The fourth-order valence-corrected chi connectivity index (χ4v) is 1.18. The van der Waals surface area contributed by atoms with Gasteiger partial charge in [0.1, 0.15) is 5.69 Å². The number of aliphatic hydroxyl groups is 1. The van der Waals surface area contributed by atoms with Crippen LogP contribution in [-0.2, 0) is 11.3 Å². The summed E-state index contributed by atoms with van der Waals surface area (Å²) in [5.41, 5.74) is 0.308. The van der Waals surface area contributed by atoms with Crippen molar-refractivity contribution in [3.8, 4) is 0 Å². The number of carbonyl (C=O) groups is 1. The van der Waals surface area contributed by atoms with Crippen molar-refractivity contribution in [2.45, 2.75) is 12.6 Å². The van der Waals surface area contributed by atoms with Crippen molar-refractivity contribution in [2.24, 2.45) is 0 Å². The quantitative estimate of drug-likeness (QED) is 0.525. The van der Waals surface area contributed by atoms with E-state index in [0.29, 0.717) is 18.8 Å². The van der Waals surface area contributed by atoms with Gasteiger partial charge >= 0.3 is 5.97 Å². The Morgan fingerprint density at radius 1 is 1.75 bits per heavy atom. The standard InChI is InChI=1S/C9H14N4O3/c1-2-3-10-8(9(15)16)7-6-13(4-5-14)12-11-7/h2,6,8,10,14H,1,3-5H2,(H,15,16). The molecule has 1 aromatic heterocycles. The Hall–Kier alpha value is -1.73. The number of rotatable bonds is 7. The van der Waals surface area contributed by atoms with Gasteiger partial charge in [0.2, 0.25) is 0 Å². The molecule has 0 spiro atoms. The predicted molar refractivity (Wildman–Crippen MR) is 55.7 cm³/mol. The molecule has 1 heterocycles. The summed E-state index contributed by atoms with van der Waals surface area (Å²) >= 11 is 0. The van der Waals surface area contributed by atoms with Gasteiger partial charge in [-0.3, -0.25) is 10.1 Å². The maximum absolute atomic E-state index is 10.9. The first-order chi connectivity index (χ1) is 7.69. The number of nitrogens with one attached hydrogen (secondary N) is 1. The second-order valence-electron chi connectivity index (χ2n) is 3.10. The largest absolute Gasteiger partial charge is 0.480 e. The summed E-state index contributed by atoms with van der Waals surface area (Å²) < 4.78 is 1.39. The van der Waals surface area contributed by atoms with Crippen LogP contribution in [0.1, 0.15) is 11.7 Å². The Morgan fingerprint density at radius 2 is 2.50 bits per heavy atom. The lowest BCUT2D eigenvalue weighted by atomic mass is 10.2. The number of hydrogen-bond acceptors (Lipinski definition) is 5. The van der Waals surface area contributed by atoms with Crippen LogP contribution in [0.25, 0.3) is 0 Å². The summed E-state index contributed by atoms with van der Waals surface area (Å²) in [5.74, 6) is -1.03. The number of aromatic nitrogens is 3. The second-order valence-corrected chi connectivity index (χ2v) is 3.10. The summed E-state index contributed by atoms with van der Waals surface area (Å²) in [7, 11) is 0.